The quantitative estimate of drug-likeness (QED) is 0.689. The van der Waals surface area contributed by atoms with Crippen molar-refractivity contribution in [3.63, 3.8) is 0 Å². The summed E-state index contributed by atoms with van der Waals surface area (Å²) >= 11 is 0. The van der Waals surface area contributed by atoms with Crippen molar-refractivity contribution in [3.05, 3.63) is 0 Å². The van der Waals surface area contributed by atoms with Crippen LogP contribution in [0, 0.1) is 0 Å². The second-order valence-corrected chi connectivity index (χ2v) is 7.66. The van der Waals surface area contributed by atoms with Crippen molar-refractivity contribution in [3.8, 4) is 0 Å². The highest BCUT2D eigenvalue weighted by Gasteiger charge is 2.19. The van der Waals surface area contributed by atoms with Crippen LogP contribution in [0.3, 0.4) is 0 Å². The van der Waals surface area contributed by atoms with Crippen LogP contribution in [0.5, 0.6) is 0 Å². The first kappa shape index (κ1) is 15.9. The van der Waals surface area contributed by atoms with Crippen LogP contribution >= 0.6 is 0 Å². The van der Waals surface area contributed by atoms with Crippen LogP contribution in [0.15, 0.2) is 0 Å². The third-order valence-corrected chi connectivity index (χ3v) is 5.31. The molecule has 1 atom stereocenters. The lowest BCUT2D eigenvalue weighted by molar-refractivity contribution is 0.258. The number of hydrogen-bond acceptors (Lipinski definition) is 4. The topological polar surface area (TPSA) is 49.4 Å². The zero-order valence-electron chi connectivity index (χ0n) is 11.8. The van der Waals surface area contributed by atoms with Crippen molar-refractivity contribution < 1.29 is 8.42 Å². The smallest absolute Gasteiger partial charge is 0.151 e. The summed E-state index contributed by atoms with van der Waals surface area (Å²) in [6.07, 6.45) is 4.79. The Morgan fingerprint density at radius 2 is 2.06 bits per heavy atom. The second kappa shape index (κ2) is 8.12. The summed E-state index contributed by atoms with van der Waals surface area (Å²) < 4.78 is 23.1. The van der Waals surface area contributed by atoms with E-state index < -0.39 is 9.84 Å². The van der Waals surface area contributed by atoms with E-state index in [4.69, 9.17) is 0 Å². The highest BCUT2D eigenvalue weighted by Crippen LogP contribution is 2.08. The van der Waals surface area contributed by atoms with Gasteiger partial charge in [-0.3, -0.25) is 0 Å². The summed E-state index contributed by atoms with van der Waals surface area (Å²) in [5.41, 5.74) is 0. The van der Waals surface area contributed by atoms with Crippen LogP contribution in [-0.4, -0.2) is 57.0 Å². The molecule has 1 heterocycles. The van der Waals surface area contributed by atoms with Crippen LogP contribution in [0.4, 0.5) is 0 Å². The van der Waals surface area contributed by atoms with Gasteiger partial charge in [-0.15, -0.1) is 0 Å². The predicted octanol–water partition coefficient (Wildman–Crippen LogP) is 1.28. The molecule has 5 heteroatoms. The Labute approximate surface area is 112 Å². The van der Waals surface area contributed by atoms with E-state index in [2.05, 4.69) is 17.1 Å². The third-order valence-electron chi connectivity index (χ3n) is 3.63. The number of rotatable bonds is 9. The van der Waals surface area contributed by atoms with Gasteiger partial charge in [0.05, 0.1) is 5.75 Å². The van der Waals surface area contributed by atoms with E-state index in [1.54, 1.807) is 6.92 Å². The molecule has 1 saturated heterocycles. The number of nitrogens with zero attached hydrogens (tertiary/aromatic N) is 1. The van der Waals surface area contributed by atoms with Crippen LogP contribution in [0.2, 0.25) is 0 Å². The summed E-state index contributed by atoms with van der Waals surface area (Å²) in [6, 6.07) is 0.561. The lowest BCUT2D eigenvalue weighted by Crippen LogP contribution is -2.40. The van der Waals surface area contributed by atoms with Crippen molar-refractivity contribution in [1.29, 1.82) is 0 Å². The molecule has 0 aromatic carbocycles. The van der Waals surface area contributed by atoms with Gasteiger partial charge >= 0.3 is 0 Å². The van der Waals surface area contributed by atoms with Gasteiger partial charge in [0, 0.05) is 24.9 Å². The Balaban J connectivity index is 2.38. The largest absolute Gasteiger partial charge is 0.313 e. The van der Waals surface area contributed by atoms with E-state index in [0.717, 1.165) is 32.5 Å². The molecule has 1 aliphatic heterocycles. The highest BCUT2D eigenvalue weighted by molar-refractivity contribution is 7.91. The molecule has 1 unspecified atom stereocenters. The van der Waals surface area contributed by atoms with E-state index in [0.29, 0.717) is 18.3 Å². The van der Waals surface area contributed by atoms with Crippen LogP contribution in [-0.2, 0) is 9.84 Å². The number of unbranched alkanes of at least 4 members (excludes halogenated alkanes) is 1. The number of nitrogens with one attached hydrogen (secondary N) is 1. The molecule has 0 aromatic rings. The van der Waals surface area contributed by atoms with Gasteiger partial charge in [-0.2, -0.15) is 0 Å². The number of sulfone groups is 1. The molecule has 1 aliphatic rings. The minimum atomic E-state index is -2.84. The average molecular weight is 276 g/mol. The minimum Gasteiger partial charge on any atom is -0.313 e. The maximum absolute atomic E-state index is 11.6. The normalized spacial score (nSPS) is 20.7. The zero-order valence-corrected chi connectivity index (χ0v) is 12.6. The summed E-state index contributed by atoms with van der Waals surface area (Å²) in [5, 5.41) is 3.48. The molecule has 0 amide bonds. The van der Waals surface area contributed by atoms with Crippen molar-refractivity contribution in [2.45, 2.75) is 45.6 Å². The Bertz CT molecular complexity index is 311. The van der Waals surface area contributed by atoms with Gasteiger partial charge < -0.3 is 10.2 Å². The molecule has 0 radical (unpaired) electrons. The van der Waals surface area contributed by atoms with Crippen LogP contribution in [0.1, 0.15) is 39.5 Å². The van der Waals surface area contributed by atoms with Crippen molar-refractivity contribution in [2.75, 3.05) is 37.7 Å². The lowest BCUT2D eigenvalue weighted by atomic mass is 10.2. The molecular weight excluding hydrogens is 248 g/mol. The van der Waals surface area contributed by atoms with E-state index >= 15 is 0 Å². The Morgan fingerprint density at radius 1 is 1.28 bits per heavy atom. The van der Waals surface area contributed by atoms with Crippen molar-refractivity contribution >= 4 is 9.84 Å². The molecule has 0 aliphatic carbocycles. The molecule has 1 rings (SSSR count). The maximum atomic E-state index is 11.6. The maximum Gasteiger partial charge on any atom is 0.151 e. The molecule has 1 fully saturated rings. The van der Waals surface area contributed by atoms with Gasteiger partial charge in [-0.05, 0) is 32.4 Å². The molecule has 1 N–H and O–H groups in total. The molecule has 0 saturated carbocycles. The second-order valence-electron chi connectivity index (χ2n) is 5.18. The van der Waals surface area contributed by atoms with Gasteiger partial charge in [-0.1, -0.05) is 20.3 Å². The Hall–Kier alpha value is -0.130. The van der Waals surface area contributed by atoms with E-state index in [1.165, 1.54) is 12.8 Å². The monoisotopic (exact) mass is 276 g/mol. The Morgan fingerprint density at radius 3 is 2.61 bits per heavy atom. The van der Waals surface area contributed by atoms with Crippen molar-refractivity contribution in [1.82, 2.24) is 10.2 Å². The molecule has 108 valence electrons. The first-order valence-electron chi connectivity index (χ1n) is 7.23. The molecule has 18 heavy (non-hydrogen) atoms. The van der Waals surface area contributed by atoms with Gasteiger partial charge in [0.25, 0.3) is 0 Å². The third kappa shape index (κ3) is 6.16. The van der Waals surface area contributed by atoms with Gasteiger partial charge in [0.15, 0.2) is 9.84 Å². The fourth-order valence-electron chi connectivity index (χ4n) is 2.31. The molecule has 0 bridgehead atoms. The van der Waals surface area contributed by atoms with E-state index in [1.807, 2.05) is 0 Å². The fourth-order valence-corrected chi connectivity index (χ4v) is 3.14. The summed E-state index contributed by atoms with van der Waals surface area (Å²) in [7, 11) is -2.84. The molecule has 0 aromatic heterocycles. The molecular formula is C13H28N2O2S. The van der Waals surface area contributed by atoms with Crippen LogP contribution < -0.4 is 5.32 Å². The van der Waals surface area contributed by atoms with E-state index in [9.17, 15) is 8.42 Å². The minimum absolute atomic E-state index is 0.260. The first-order valence-corrected chi connectivity index (χ1v) is 9.05. The summed E-state index contributed by atoms with van der Waals surface area (Å²) in [6.45, 7) is 7.72. The standard InChI is InChI=1S/C13H28N2O2S/c1-3-5-9-15(10-11-18(16,17)4-2)12-13-7-6-8-14-13/h13-14H,3-12H2,1-2H3. The van der Waals surface area contributed by atoms with Gasteiger partial charge in [0.2, 0.25) is 0 Å². The first-order chi connectivity index (χ1) is 8.57. The fraction of sp³-hybridized carbons (Fsp3) is 1.00. The summed E-state index contributed by atoms with van der Waals surface area (Å²) in [4.78, 5) is 2.32. The van der Waals surface area contributed by atoms with Crippen molar-refractivity contribution in [2.24, 2.45) is 0 Å². The van der Waals surface area contributed by atoms with Gasteiger partial charge in [0.1, 0.15) is 0 Å². The lowest BCUT2D eigenvalue weighted by Gasteiger charge is -2.25. The molecule has 4 nitrogen and oxygen atoms in total. The predicted molar refractivity (Wildman–Crippen MR) is 76.7 cm³/mol. The number of hydrogen-bond donors (Lipinski definition) is 1. The van der Waals surface area contributed by atoms with Gasteiger partial charge in [-0.25, -0.2) is 8.42 Å². The average Bonchev–Trinajstić information content (AvgIpc) is 2.85. The van der Waals surface area contributed by atoms with Crippen LogP contribution in [0.25, 0.3) is 0 Å². The summed E-state index contributed by atoms with van der Waals surface area (Å²) in [5.74, 6) is 0.566. The zero-order chi connectivity index (χ0) is 13.4. The van der Waals surface area contributed by atoms with E-state index in [-0.39, 0.29) is 5.75 Å². The SMILES string of the molecule is CCCCN(CCS(=O)(=O)CC)CC1CCCN1. The Kier molecular flexibility index (Phi) is 7.19. The molecule has 0 spiro atoms. The highest BCUT2D eigenvalue weighted by atomic mass is 32.2.